The monoisotopic (exact) mass is 401 g/mol. The van der Waals surface area contributed by atoms with Crippen molar-refractivity contribution in [2.75, 3.05) is 27.0 Å². The van der Waals surface area contributed by atoms with Gasteiger partial charge < -0.3 is 19.1 Å². The fourth-order valence-electron chi connectivity index (χ4n) is 3.61. The van der Waals surface area contributed by atoms with Crippen molar-refractivity contribution in [2.24, 2.45) is 5.92 Å². The molecule has 7 heteroatoms. The van der Waals surface area contributed by atoms with Crippen LogP contribution in [0.5, 0.6) is 17.2 Å². The van der Waals surface area contributed by atoms with Crippen molar-refractivity contribution in [1.82, 2.24) is 4.90 Å². The van der Waals surface area contributed by atoms with Gasteiger partial charge >= 0.3 is 0 Å². The molecule has 1 amide bonds. The number of amides is 1. The number of rotatable bonds is 4. The molecule has 2 aromatic carbocycles. The van der Waals surface area contributed by atoms with Gasteiger partial charge in [-0.2, -0.15) is 0 Å². The number of carbonyl (C=O) groups is 2. The average Bonchev–Trinajstić information content (AvgIpc) is 3.22. The van der Waals surface area contributed by atoms with Gasteiger partial charge in [0.15, 0.2) is 17.3 Å². The van der Waals surface area contributed by atoms with Crippen LogP contribution in [0.2, 0.25) is 5.02 Å². The average molecular weight is 402 g/mol. The van der Waals surface area contributed by atoms with Gasteiger partial charge in [0.1, 0.15) is 5.75 Å². The van der Waals surface area contributed by atoms with Crippen molar-refractivity contribution in [3.05, 3.63) is 52.5 Å². The smallest absolute Gasteiger partial charge is 0.254 e. The Balaban J connectivity index is 1.40. The molecule has 0 radical (unpaired) electrons. The fourth-order valence-corrected chi connectivity index (χ4v) is 3.87. The standard InChI is InChI=1S/C21H20ClNO5/c1-26-16-4-2-13(3-5-16)19(24)14-6-8-23(9-7-14)21(25)15-10-17(22)20-18(11-15)27-12-28-20/h2-5,10-11,14H,6-9,12H2,1H3. The van der Waals surface area contributed by atoms with E-state index in [2.05, 4.69) is 0 Å². The van der Waals surface area contributed by atoms with Crippen LogP contribution in [0.15, 0.2) is 36.4 Å². The number of likely N-dealkylation sites (tertiary alicyclic amines) is 1. The lowest BCUT2D eigenvalue weighted by Gasteiger charge is -2.31. The Hall–Kier alpha value is -2.73. The van der Waals surface area contributed by atoms with E-state index in [1.54, 1.807) is 48.4 Å². The van der Waals surface area contributed by atoms with Crippen LogP contribution in [0.25, 0.3) is 0 Å². The van der Waals surface area contributed by atoms with Crippen molar-refractivity contribution >= 4 is 23.3 Å². The number of Topliss-reactive ketones (excluding diaryl/α,β-unsaturated/α-hetero) is 1. The van der Waals surface area contributed by atoms with E-state index in [-0.39, 0.29) is 24.4 Å². The summed E-state index contributed by atoms with van der Waals surface area (Å²) < 4.78 is 15.8. The van der Waals surface area contributed by atoms with Crippen LogP contribution in [0, 0.1) is 5.92 Å². The van der Waals surface area contributed by atoms with E-state index in [4.69, 9.17) is 25.8 Å². The molecule has 0 bridgehead atoms. The van der Waals surface area contributed by atoms with Gasteiger partial charge in [0.05, 0.1) is 12.1 Å². The third-order valence-electron chi connectivity index (χ3n) is 5.20. The van der Waals surface area contributed by atoms with E-state index in [1.807, 2.05) is 0 Å². The van der Waals surface area contributed by atoms with Gasteiger partial charge in [0.2, 0.25) is 6.79 Å². The number of methoxy groups -OCH3 is 1. The molecule has 146 valence electrons. The van der Waals surface area contributed by atoms with Crippen LogP contribution in [-0.4, -0.2) is 43.6 Å². The zero-order chi connectivity index (χ0) is 19.7. The highest BCUT2D eigenvalue weighted by Crippen LogP contribution is 2.40. The zero-order valence-corrected chi connectivity index (χ0v) is 16.2. The first-order chi connectivity index (χ1) is 13.6. The summed E-state index contributed by atoms with van der Waals surface area (Å²) in [4.78, 5) is 27.3. The summed E-state index contributed by atoms with van der Waals surface area (Å²) >= 11 is 6.18. The van der Waals surface area contributed by atoms with Crippen molar-refractivity contribution in [3.63, 3.8) is 0 Å². The zero-order valence-electron chi connectivity index (χ0n) is 15.4. The Morgan fingerprint density at radius 1 is 1.07 bits per heavy atom. The lowest BCUT2D eigenvalue weighted by molar-refractivity contribution is 0.0650. The predicted octanol–water partition coefficient (Wildman–Crippen LogP) is 3.81. The Labute approximate surface area is 167 Å². The number of nitrogens with zero attached hydrogens (tertiary/aromatic N) is 1. The summed E-state index contributed by atoms with van der Waals surface area (Å²) in [6, 6.07) is 10.4. The number of hydrogen-bond acceptors (Lipinski definition) is 5. The van der Waals surface area contributed by atoms with E-state index >= 15 is 0 Å². The highest BCUT2D eigenvalue weighted by molar-refractivity contribution is 6.32. The molecule has 28 heavy (non-hydrogen) atoms. The molecular weight excluding hydrogens is 382 g/mol. The van der Waals surface area contributed by atoms with Crippen LogP contribution < -0.4 is 14.2 Å². The van der Waals surface area contributed by atoms with E-state index in [9.17, 15) is 9.59 Å². The van der Waals surface area contributed by atoms with E-state index in [0.717, 1.165) is 5.75 Å². The first kappa shape index (κ1) is 18.6. The van der Waals surface area contributed by atoms with Crippen molar-refractivity contribution in [1.29, 1.82) is 0 Å². The SMILES string of the molecule is COc1ccc(C(=O)C2CCN(C(=O)c3cc(Cl)c4c(c3)OCO4)CC2)cc1. The van der Waals surface area contributed by atoms with Crippen LogP contribution in [0.4, 0.5) is 0 Å². The van der Waals surface area contributed by atoms with Crippen LogP contribution in [-0.2, 0) is 0 Å². The van der Waals surface area contributed by atoms with Crippen molar-refractivity contribution in [2.45, 2.75) is 12.8 Å². The summed E-state index contributed by atoms with van der Waals surface area (Å²) in [5, 5.41) is 0.364. The minimum atomic E-state index is -0.115. The van der Waals surface area contributed by atoms with Gasteiger partial charge in [-0.3, -0.25) is 9.59 Å². The first-order valence-corrected chi connectivity index (χ1v) is 9.51. The highest BCUT2D eigenvalue weighted by Gasteiger charge is 2.29. The second kappa shape index (κ2) is 7.72. The fraction of sp³-hybridized carbons (Fsp3) is 0.333. The number of piperidine rings is 1. The van der Waals surface area contributed by atoms with Gasteiger partial charge in [0.25, 0.3) is 5.91 Å². The first-order valence-electron chi connectivity index (χ1n) is 9.13. The second-order valence-electron chi connectivity index (χ2n) is 6.85. The normalized spacial score (nSPS) is 16.1. The van der Waals surface area contributed by atoms with E-state index in [1.165, 1.54) is 0 Å². The summed E-state index contributed by atoms with van der Waals surface area (Å²) in [5.74, 6) is 1.59. The maximum absolute atomic E-state index is 12.8. The molecule has 1 fully saturated rings. The molecule has 0 spiro atoms. The molecule has 2 heterocycles. The molecule has 2 aliphatic heterocycles. The molecule has 0 atom stereocenters. The van der Waals surface area contributed by atoms with Crippen molar-refractivity contribution in [3.8, 4) is 17.2 Å². The van der Waals surface area contributed by atoms with Gasteiger partial charge in [-0.05, 0) is 49.2 Å². The summed E-state index contributed by atoms with van der Waals surface area (Å²) in [7, 11) is 1.59. The number of carbonyl (C=O) groups excluding carboxylic acids is 2. The third-order valence-corrected chi connectivity index (χ3v) is 5.48. The highest BCUT2D eigenvalue weighted by atomic mass is 35.5. The summed E-state index contributed by atoms with van der Waals surface area (Å²) in [5.41, 5.74) is 1.14. The van der Waals surface area contributed by atoms with Gasteiger partial charge in [-0.15, -0.1) is 0 Å². The minimum absolute atomic E-state index is 0.0854. The van der Waals surface area contributed by atoms with Gasteiger partial charge in [0, 0.05) is 30.1 Å². The molecule has 2 aliphatic rings. The molecule has 0 aromatic heterocycles. The lowest BCUT2D eigenvalue weighted by Crippen LogP contribution is -2.40. The molecule has 2 aromatic rings. The maximum atomic E-state index is 12.8. The topological polar surface area (TPSA) is 65.1 Å². The summed E-state index contributed by atoms with van der Waals surface area (Å²) in [6.07, 6.45) is 1.27. The quantitative estimate of drug-likeness (QED) is 0.729. The molecule has 0 N–H and O–H groups in total. The predicted molar refractivity (Wildman–Crippen MR) is 104 cm³/mol. The lowest BCUT2D eigenvalue weighted by atomic mass is 9.88. The Kier molecular flexibility index (Phi) is 5.13. The second-order valence-corrected chi connectivity index (χ2v) is 7.26. The van der Waals surface area contributed by atoms with Gasteiger partial charge in [-0.1, -0.05) is 11.6 Å². The molecular formula is C21H20ClNO5. The number of fused-ring (bicyclic) bond motifs is 1. The number of ketones is 1. The molecule has 4 rings (SSSR count). The Morgan fingerprint density at radius 3 is 2.46 bits per heavy atom. The van der Waals surface area contributed by atoms with E-state index < -0.39 is 0 Å². The van der Waals surface area contributed by atoms with Gasteiger partial charge in [-0.25, -0.2) is 0 Å². The largest absolute Gasteiger partial charge is 0.497 e. The molecule has 0 aliphatic carbocycles. The van der Waals surface area contributed by atoms with Crippen LogP contribution >= 0.6 is 11.6 Å². The molecule has 1 saturated heterocycles. The number of hydrogen-bond donors (Lipinski definition) is 0. The number of halogens is 1. The molecule has 6 nitrogen and oxygen atoms in total. The van der Waals surface area contributed by atoms with Crippen LogP contribution in [0.1, 0.15) is 33.6 Å². The Morgan fingerprint density at radius 2 is 1.79 bits per heavy atom. The number of ether oxygens (including phenoxy) is 3. The Bertz CT molecular complexity index is 904. The maximum Gasteiger partial charge on any atom is 0.254 e. The molecule has 0 saturated carbocycles. The van der Waals surface area contributed by atoms with Crippen molar-refractivity contribution < 1.29 is 23.8 Å². The number of benzene rings is 2. The minimum Gasteiger partial charge on any atom is -0.497 e. The van der Waals surface area contributed by atoms with Crippen LogP contribution in [0.3, 0.4) is 0 Å². The summed E-state index contributed by atoms with van der Waals surface area (Å²) in [6.45, 7) is 1.15. The molecule has 0 unspecified atom stereocenters. The third kappa shape index (κ3) is 3.52. The van der Waals surface area contributed by atoms with E-state index in [0.29, 0.717) is 53.6 Å².